The molecule has 0 bridgehead atoms. The van der Waals surface area contributed by atoms with E-state index in [2.05, 4.69) is 10.3 Å². The zero-order chi connectivity index (χ0) is 13.0. The second kappa shape index (κ2) is 5.44. The van der Waals surface area contributed by atoms with Crippen LogP contribution in [0.3, 0.4) is 0 Å². The summed E-state index contributed by atoms with van der Waals surface area (Å²) in [6, 6.07) is 1.62. The van der Waals surface area contributed by atoms with Crippen molar-refractivity contribution in [1.29, 1.82) is 0 Å². The number of hydrogen-bond acceptors (Lipinski definition) is 3. The average molecular weight is 246 g/mol. The highest BCUT2D eigenvalue weighted by Crippen LogP contribution is 2.27. The van der Waals surface area contributed by atoms with Gasteiger partial charge in [-0.1, -0.05) is 0 Å². The predicted octanol–water partition coefficient (Wildman–Crippen LogP) is 1.32. The second-order valence-electron chi connectivity index (χ2n) is 4.33. The molecule has 2 rings (SSSR count). The Morgan fingerprint density at radius 1 is 1.44 bits per heavy atom. The number of carbonyl (C=O) groups is 2. The Bertz CT molecular complexity index is 493. The van der Waals surface area contributed by atoms with Crippen LogP contribution in [0.2, 0.25) is 0 Å². The molecule has 18 heavy (non-hydrogen) atoms. The fourth-order valence-electron chi connectivity index (χ4n) is 1.50. The van der Waals surface area contributed by atoms with Gasteiger partial charge in [0.25, 0.3) is 5.91 Å². The average Bonchev–Trinajstić information content (AvgIpc) is 3.18. The van der Waals surface area contributed by atoms with Crippen LogP contribution in [0.15, 0.2) is 24.5 Å². The van der Waals surface area contributed by atoms with E-state index in [1.807, 2.05) is 0 Å². The largest absolute Gasteiger partial charge is 0.478 e. The fourth-order valence-corrected chi connectivity index (χ4v) is 1.50. The molecule has 1 aromatic heterocycles. The minimum absolute atomic E-state index is 0.167. The number of carbonyl (C=O) groups excluding carboxylic acids is 1. The molecule has 1 aromatic rings. The third kappa shape index (κ3) is 3.69. The van der Waals surface area contributed by atoms with Crippen LogP contribution < -0.4 is 5.32 Å². The lowest BCUT2D eigenvalue weighted by Gasteiger charge is -2.04. The van der Waals surface area contributed by atoms with Crippen LogP contribution >= 0.6 is 0 Å². The molecule has 1 amide bonds. The van der Waals surface area contributed by atoms with Crippen LogP contribution in [0, 0.1) is 5.92 Å². The molecule has 0 radical (unpaired) electrons. The molecule has 5 nitrogen and oxygen atoms in total. The van der Waals surface area contributed by atoms with Crippen molar-refractivity contribution in [3.8, 4) is 0 Å². The van der Waals surface area contributed by atoms with E-state index in [9.17, 15) is 9.59 Å². The summed E-state index contributed by atoms with van der Waals surface area (Å²) in [6.07, 6.45) is 7.77. The molecule has 2 N–H and O–H groups in total. The molecule has 5 heteroatoms. The number of aliphatic carboxylic acids is 1. The van der Waals surface area contributed by atoms with Gasteiger partial charge in [0, 0.05) is 25.0 Å². The lowest BCUT2D eigenvalue weighted by molar-refractivity contribution is -0.131. The highest BCUT2D eigenvalue weighted by atomic mass is 16.4. The number of pyridine rings is 1. The van der Waals surface area contributed by atoms with E-state index in [0.29, 0.717) is 23.6 Å². The minimum atomic E-state index is -1.03. The van der Waals surface area contributed by atoms with E-state index in [0.717, 1.165) is 6.08 Å². The Balaban J connectivity index is 2.00. The summed E-state index contributed by atoms with van der Waals surface area (Å²) in [5, 5.41) is 11.4. The third-order valence-corrected chi connectivity index (χ3v) is 2.69. The van der Waals surface area contributed by atoms with Crippen LogP contribution in [-0.4, -0.2) is 28.5 Å². The first kappa shape index (κ1) is 12.3. The van der Waals surface area contributed by atoms with Gasteiger partial charge >= 0.3 is 5.97 Å². The lowest BCUT2D eigenvalue weighted by Crippen LogP contribution is -2.25. The second-order valence-corrected chi connectivity index (χ2v) is 4.33. The Hall–Kier alpha value is -2.17. The maximum absolute atomic E-state index is 11.8. The number of carboxylic acids is 1. The molecule has 0 unspecified atom stereocenters. The molecule has 0 aromatic carbocycles. The zero-order valence-corrected chi connectivity index (χ0v) is 9.80. The van der Waals surface area contributed by atoms with Crippen molar-refractivity contribution in [3.05, 3.63) is 35.7 Å². The molecular formula is C13H14N2O3. The van der Waals surface area contributed by atoms with Crippen LogP contribution in [0.1, 0.15) is 28.8 Å². The SMILES string of the molecule is O=C(O)/C=C/c1cncc(C(=O)NCC2CC2)c1. The first-order valence-electron chi connectivity index (χ1n) is 5.79. The van der Waals surface area contributed by atoms with E-state index < -0.39 is 5.97 Å². The van der Waals surface area contributed by atoms with Crippen LogP contribution in [0.5, 0.6) is 0 Å². The Morgan fingerprint density at radius 2 is 2.22 bits per heavy atom. The van der Waals surface area contributed by atoms with Crippen molar-refractivity contribution in [2.45, 2.75) is 12.8 Å². The number of aromatic nitrogens is 1. The zero-order valence-electron chi connectivity index (χ0n) is 9.80. The molecule has 0 atom stereocenters. The molecule has 1 aliphatic rings. The van der Waals surface area contributed by atoms with Crippen molar-refractivity contribution >= 4 is 18.0 Å². The van der Waals surface area contributed by atoms with E-state index >= 15 is 0 Å². The van der Waals surface area contributed by atoms with Crippen molar-refractivity contribution in [1.82, 2.24) is 10.3 Å². The van der Waals surface area contributed by atoms with Crippen molar-refractivity contribution in [2.24, 2.45) is 5.92 Å². The lowest BCUT2D eigenvalue weighted by atomic mass is 10.2. The van der Waals surface area contributed by atoms with Gasteiger partial charge in [-0.3, -0.25) is 9.78 Å². The minimum Gasteiger partial charge on any atom is -0.478 e. The van der Waals surface area contributed by atoms with Gasteiger partial charge in [0.2, 0.25) is 0 Å². The summed E-state index contributed by atoms with van der Waals surface area (Å²) in [6.45, 7) is 0.702. The first-order chi connectivity index (χ1) is 8.65. The summed E-state index contributed by atoms with van der Waals surface area (Å²) in [7, 11) is 0. The van der Waals surface area contributed by atoms with Crippen LogP contribution in [0.4, 0.5) is 0 Å². The van der Waals surface area contributed by atoms with Gasteiger partial charge in [-0.15, -0.1) is 0 Å². The number of rotatable bonds is 5. The Kier molecular flexibility index (Phi) is 3.72. The summed E-state index contributed by atoms with van der Waals surface area (Å²) in [4.78, 5) is 26.1. The smallest absolute Gasteiger partial charge is 0.328 e. The highest BCUT2D eigenvalue weighted by molar-refractivity contribution is 5.94. The van der Waals surface area contributed by atoms with Gasteiger partial charge in [0.1, 0.15) is 0 Å². The third-order valence-electron chi connectivity index (χ3n) is 2.69. The van der Waals surface area contributed by atoms with Crippen LogP contribution in [-0.2, 0) is 4.79 Å². The van der Waals surface area contributed by atoms with Gasteiger partial charge < -0.3 is 10.4 Å². The molecule has 1 aliphatic carbocycles. The number of nitrogens with one attached hydrogen (secondary N) is 1. The maximum Gasteiger partial charge on any atom is 0.328 e. The summed E-state index contributed by atoms with van der Waals surface area (Å²) in [5.74, 6) is -0.574. The van der Waals surface area contributed by atoms with Gasteiger partial charge in [-0.2, -0.15) is 0 Å². The maximum atomic E-state index is 11.8. The Morgan fingerprint density at radius 3 is 2.89 bits per heavy atom. The summed E-state index contributed by atoms with van der Waals surface area (Å²) < 4.78 is 0. The van der Waals surface area contributed by atoms with Crippen molar-refractivity contribution in [2.75, 3.05) is 6.54 Å². The van der Waals surface area contributed by atoms with E-state index in [-0.39, 0.29) is 5.91 Å². The molecule has 0 saturated heterocycles. The molecular weight excluding hydrogens is 232 g/mol. The molecule has 0 spiro atoms. The highest BCUT2D eigenvalue weighted by Gasteiger charge is 2.21. The van der Waals surface area contributed by atoms with Gasteiger partial charge in [0.15, 0.2) is 0 Å². The molecule has 0 aliphatic heterocycles. The number of nitrogens with zero attached hydrogens (tertiary/aromatic N) is 1. The monoisotopic (exact) mass is 246 g/mol. The van der Waals surface area contributed by atoms with Gasteiger partial charge in [0.05, 0.1) is 5.56 Å². The number of carboxylic acid groups (broad SMARTS) is 1. The predicted molar refractivity (Wildman–Crippen MR) is 66.0 cm³/mol. The number of hydrogen-bond donors (Lipinski definition) is 2. The molecule has 94 valence electrons. The quantitative estimate of drug-likeness (QED) is 0.768. The van der Waals surface area contributed by atoms with Crippen molar-refractivity contribution < 1.29 is 14.7 Å². The van der Waals surface area contributed by atoms with Gasteiger partial charge in [-0.05, 0) is 36.5 Å². The Labute approximate surface area is 105 Å². The number of amides is 1. The first-order valence-corrected chi connectivity index (χ1v) is 5.79. The van der Waals surface area contributed by atoms with E-state index in [1.54, 1.807) is 6.07 Å². The normalized spacial score (nSPS) is 14.7. The summed E-state index contributed by atoms with van der Waals surface area (Å²) >= 11 is 0. The van der Waals surface area contributed by atoms with Crippen molar-refractivity contribution in [3.63, 3.8) is 0 Å². The molecule has 1 saturated carbocycles. The summed E-state index contributed by atoms with van der Waals surface area (Å²) in [5.41, 5.74) is 1.04. The van der Waals surface area contributed by atoms with E-state index in [4.69, 9.17) is 5.11 Å². The molecule has 1 heterocycles. The standard InChI is InChI=1S/C13H14N2O3/c16-12(17)4-3-10-5-11(8-14-6-10)13(18)15-7-9-1-2-9/h3-6,8-9H,1-2,7H2,(H,15,18)(H,16,17)/b4-3+. The van der Waals surface area contributed by atoms with E-state index in [1.165, 1.54) is 31.3 Å². The fraction of sp³-hybridized carbons (Fsp3) is 0.308. The van der Waals surface area contributed by atoms with Gasteiger partial charge in [-0.25, -0.2) is 4.79 Å². The topological polar surface area (TPSA) is 79.3 Å². The molecule has 1 fully saturated rings. The van der Waals surface area contributed by atoms with Crippen LogP contribution in [0.25, 0.3) is 6.08 Å².